The first-order valence-electron chi connectivity index (χ1n) is 6.47. The maximum absolute atomic E-state index is 5.58. The molecule has 0 unspecified atom stereocenters. The Bertz CT molecular complexity index is 536. The Morgan fingerprint density at radius 2 is 2.00 bits per heavy atom. The van der Waals surface area contributed by atoms with Gasteiger partial charge in [-0.05, 0) is 62.5 Å². The molecule has 2 rings (SSSR count). The fourth-order valence-corrected chi connectivity index (χ4v) is 1.83. The normalized spacial score (nSPS) is 10.3. The molecule has 2 N–H and O–H groups in total. The van der Waals surface area contributed by atoms with Gasteiger partial charge in [0, 0.05) is 5.69 Å². The van der Waals surface area contributed by atoms with Gasteiger partial charge < -0.3 is 19.8 Å². The Labute approximate surface area is 124 Å². The molecule has 0 amide bonds. The summed E-state index contributed by atoms with van der Waals surface area (Å²) in [6.07, 6.45) is 1.81. The average molecular weight is 290 g/mol. The van der Waals surface area contributed by atoms with E-state index in [9.17, 15) is 0 Å². The van der Waals surface area contributed by atoms with Crippen molar-refractivity contribution in [3.63, 3.8) is 0 Å². The third-order valence-electron chi connectivity index (χ3n) is 2.49. The molecule has 0 saturated carbocycles. The summed E-state index contributed by atoms with van der Waals surface area (Å²) in [5.41, 5.74) is 0.915. The molecule has 106 valence electrons. The molecule has 1 heterocycles. The summed E-state index contributed by atoms with van der Waals surface area (Å²) in [6.45, 7) is 4.56. The molecule has 0 aliphatic heterocycles. The zero-order valence-electron chi connectivity index (χ0n) is 11.6. The largest absolute Gasteiger partial charge is 0.491 e. The Morgan fingerprint density at radius 3 is 2.60 bits per heavy atom. The van der Waals surface area contributed by atoms with Gasteiger partial charge in [-0.2, -0.15) is 0 Å². The van der Waals surface area contributed by atoms with Gasteiger partial charge in [0.2, 0.25) is 0 Å². The van der Waals surface area contributed by atoms with Crippen molar-refractivity contribution in [2.24, 2.45) is 0 Å². The van der Waals surface area contributed by atoms with E-state index in [1.54, 1.807) is 6.26 Å². The van der Waals surface area contributed by atoms with Crippen LogP contribution in [0, 0.1) is 0 Å². The lowest BCUT2D eigenvalue weighted by Crippen LogP contribution is -2.27. The first-order chi connectivity index (χ1) is 9.63. The van der Waals surface area contributed by atoms with Crippen LogP contribution >= 0.6 is 12.2 Å². The van der Waals surface area contributed by atoms with Crippen LogP contribution in [-0.2, 0) is 6.54 Å². The highest BCUT2D eigenvalue weighted by Gasteiger charge is 2.01. The zero-order chi connectivity index (χ0) is 14.4. The number of benzene rings is 1. The molecule has 2 aromatic rings. The molecule has 4 nitrogen and oxygen atoms in total. The van der Waals surface area contributed by atoms with Crippen molar-refractivity contribution in [2.45, 2.75) is 26.5 Å². The summed E-state index contributed by atoms with van der Waals surface area (Å²) in [5, 5.41) is 6.74. The van der Waals surface area contributed by atoms with Crippen LogP contribution in [0.4, 0.5) is 5.69 Å². The first kappa shape index (κ1) is 14.4. The minimum absolute atomic E-state index is 0.171. The second-order valence-electron chi connectivity index (χ2n) is 4.58. The molecule has 0 saturated heterocycles. The van der Waals surface area contributed by atoms with Gasteiger partial charge in [0.25, 0.3) is 0 Å². The van der Waals surface area contributed by atoms with Crippen molar-refractivity contribution in [3.05, 3.63) is 48.4 Å². The number of anilines is 1. The van der Waals surface area contributed by atoms with Crippen LogP contribution in [0.25, 0.3) is 0 Å². The van der Waals surface area contributed by atoms with Crippen LogP contribution in [0.2, 0.25) is 0 Å². The minimum atomic E-state index is 0.171. The highest BCUT2D eigenvalue weighted by atomic mass is 32.1. The summed E-state index contributed by atoms with van der Waals surface area (Å²) in [6, 6.07) is 11.4. The predicted octanol–water partition coefficient (Wildman–Crippen LogP) is 3.55. The number of furan rings is 1. The van der Waals surface area contributed by atoms with E-state index in [4.69, 9.17) is 21.4 Å². The van der Waals surface area contributed by atoms with Crippen LogP contribution in [0.5, 0.6) is 5.75 Å². The number of thiocarbonyl (C=S) groups is 1. The number of rotatable bonds is 5. The molecule has 0 bridgehead atoms. The number of hydrogen-bond acceptors (Lipinski definition) is 3. The van der Waals surface area contributed by atoms with Gasteiger partial charge in [-0.15, -0.1) is 0 Å². The number of hydrogen-bond donors (Lipinski definition) is 2. The van der Waals surface area contributed by atoms with Crippen LogP contribution in [0.3, 0.4) is 0 Å². The third kappa shape index (κ3) is 4.59. The monoisotopic (exact) mass is 290 g/mol. The van der Waals surface area contributed by atoms with E-state index in [2.05, 4.69) is 10.6 Å². The standard InChI is InChI=1S/C15H18N2O2S/c1-11(2)19-13-7-5-12(6-8-13)17-15(20)16-10-14-4-3-9-18-14/h3-9,11H,10H2,1-2H3,(H2,16,17,20). The van der Waals surface area contributed by atoms with E-state index >= 15 is 0 Å². The summed E-state index contributed by atoms with van der Waals surface area (Å²) < 4.78 is 10.8. The molecule has 5 heteroatoms. The van der Waals surface area contributed by atoms with Crippen molar-refractivity contribution >= 4 is 23.0 Å². The summed E-state index contributed by atoms with van der Waals surface area (Å²) in [7, 11) is 0. The van der Waals surface area contributed by atoms with Gasteiger partial charge in [-0.1, -0.05) is 0 Å². The van der Waals surface area contributed by atoms with E-state index in [1.165, 1.54) is 0 Å². The van der Waals surface area contributed by atoms with Crippen molar-refractivity contribution < 1.29 is 9.15 Å². The van der Waals surface area contributed by atoms with Gasteiger partial charge in [-0.25, -0.2) is 0 Å². The lowest BCUT2D eigenvalue weighted by Gasteiger charge is -2.12. The molecule has 0 aliphatic carbocycles. The maximum atomic E-state index is 5.58. The Balaban J connectivity index is 1.81. The lowest BCUT2D eigenvalue weighted by molar-refractivity contribution is 0.242. The van der Waals surface area contributed by atoms with E-state index in [0.29, 0.717) is 11.7 Å². The molecule has 0 atom stereocenters. The van der Waals surface area contributed by atoms with E-state index < -0.39 is 0 Å². The van der Waals surface area contributed by atoms with Gasteiger partial charge >= 0.3 is 0 Å². The van der Waals surface area contributed by atoms with Gasteiger partial charge in [0.15, 0.2) is 5.11 Å². The molecule has 1 aromatic carbocycles. The molecule has 0 spiro atoms. The molecule has 1 aromatic heterocycles. The first-order valence-corrected chi connectivity index (χ1v) is 6.88. The Morgan fingerprint density at radius 1 is 1.25 bits per heavy atom. The Hall–Kier alpha value is -2.01. The van der Waals surface area contributed by atoms with Crippen molar-refractivity contribution in [2.75, 3.05) is 5.32 Å². The second kappa shape index (κ2) is 6.96. The van der Waals surface area contributed by atoms with Gasteiger partial charge in [0.05, 0.1) is 18.9 Å². The lowest BCUT2D eigenvalue weighted by atomic mass is 10.3. The van der Waals surface area contributed by atoms with Crippen molar-refractivity contribution in [1.82, 2.24) is 5.32 Å². The van der Waals surface area contributed by atoms with Crippen LogP contribution in [0.1, 0.15) is 19.6 Å². The predicted molar refractivity (Wildman–Crippen MR) is 84.0 cm³/mol. The molecule has 20 heavy (non-hydrogen) atoms. The van der Waals surface area contributed by atoms with Crippen LogP contribution < -0.4 is 15.4 Å². The van der Waals surface area contributed by atoms with E-state index in [0.717, 1.165) is 17.2 Å². The minimum Gasteiger partial charge on any atom is -0.491 e. The zero-order valence-corrected chi connectivity index (χ0v) is 12.4. The molecular formula is C15H18N2O2S. The third-order valence-corrected chi connectivity index (χ3v) is 2.73. The summed E-state index contributed by atoms with van der Waals surface area (Å²) in [4.78, 5) is 0. The SMILES string of the molecule is CC(C)Oc1ccc(NC(=S)NCc2ccco2)cc1. The smallest absolute Gasteiger partial charge is 0.171 e. The molecule has 0 radical (unpaired) electrons. The van der Waals surface area contributed by atoms with E-state index in [1.807, 2.05) is 50.2 Å². The Kier molecular flexibility index (Phi) is 5.01. The van der Waals surface area contributed by atoms with Crippen molar-refractivity contribution in [3.8, 4) is 5.75 Å². The molecular weight excluding hydrogens is 272 g/mol. The number of ether oxygens (including phenoxy) is 1. The highest BCUT2D eigenvalue weighted by Crippen LogP contribution is 2.16. The fourth-order valence-electron chi connectivity index (χ4n) is 1.64. The number of nitrogens with one attached hydrogen (secondary N) is 2. The van der Waals surface area contributed by atoms with Gasteiger partial charge in [0.1, 0.15) is 11.5 Å². The van der Waals surface area contributed by atoms with Crippen LogP contribution in [0.15, 0.2) is 47.1 Å². The van der Waals surface area contributed by atoms with E-state index in [-0.39, 0.29) is 6.10 Å². The molecule has 0 fully saturated rings. The second-order valence-corrected chi connectivity index (χ2v) is 4.99. The fraction of sp³-hybridized carbons (Fsp3) is 0.267. The molecule has 0 aliphatic rings. The van der Waals surface area contributed by atoms with Gasteiger partial charge in [-0.3, -0.25) is 0 Å². The highest BCUT2D eigenvalue weighted by molar-refractivity contribution is 7.80. The van der Waals surface area contributed by atoms with Crippen LogP contribution in [-0.4, -0.2) is 11.2 Å². The van der Waals surface area contributed by atoms with Crippen molar-refractivity contribution in [1.29, 1.82) is 0 Å². The topological polar surface area (TPSA) is 46.4 Å². The quantitative estimate of drug-likeness (QED) is 0.825. The summed E-state index contributed by atoms with van der Waals surface area (Å²) >= 11 is 5.22. The maximum Gasteiger partial charge on any atom is 0.171 e. The summed E-state index contributed by atoms with van der Waals surface area (Å²) in [5.74, 6) is 1.69. The average Bonchev–Trinajstić information content (AvgIpc) is 2.91.